The first-order valence-corrected chi connectivity index (χ1v) is 11.0. The Labute approximate surface area is 185 Å². The molecular formula is C22H21ClN2O2S2. The number of hydrogen-bond acceptors (Lipinski definition) is 4. The van der Waals surface area contributed by atoms with Crippen LogP contribution < -0.4 is 5.32 Å². The molecule has 0 radical (unpaired) electrons. The Balaban J connectivity index is 1.44. The van der Waals surface area contributed by atoms with Gasteiger partial charge in [0.25, 0.3) is 5.91 Å². The molecule has 1 aliphatic rings. The normalized spacial score (nSPS) is 15.2. The number of thiocarbonyl (C=S) groups is 1. The molecule has 1 heterocycles. The second-order valence-electron chi connectivity index (χ2n) is 6.54. The zero-order valence-electron chi connectivity index (χ0n) is 15.8. The van der Waals surface area contributed by atoms with E-state index in [9.17, 15) is 9.59 Å². The molecule has 0 saturated carbocycles. The van der Waals surface area contributed by atoms with Crippen molar-refractivity contribution in [2.24, 2.45) is 0 Å². The van der Waals surface area contributed by atoms with Crippen molar-refractivity contribution in [2.45, 2.75) is 19.3 Å². The molecule has 0 aromatic heterocycles. The molecule has 0 spiro atoms. The van der Waals surface area contributed by atoms with Crippen molar-refractivity contribution < 1.29 is 9.59 Å². The van der Waals surface area contributed by atoms with Gasteiger partial charge >= 0.3 is 0 Å². The first-order chi connectivity index (χ1) is 14.0. The SMILES string of the molecule is O=C(CCCN1C(=O)/C(=C/c2ccccc2Cl)SC1=S)NCCc1ccccc1. The summed E-state index contributed by atoms with van der Waals surface area (Å²) in [5.74, 6) is -0.151. The van der Waals surface area contributed by atoms with Crippen LogP contribution >= 0.6 is 35.6 Å². The maximum Gasteiger partial charge on any atom is 0.266 e. The Hall–Kier alpha value is -2.15. The lowest BCUT2D eigenvalue weighted by Gasteiger charge is -2.14. The number of thioether (sulfide) groups is 1. The van der Waals surface area contributed by atoms with Crippen LogP contribution in [-0.4, -0.2) is 34.1 Å². The van der Waals surface area contributed by atoms with Crippen LogP contribution in [0, 0.1) is 0 Å². The molecule has 0 atom stereocenters. The summed E-state index contributed by atoms with van der Waals surface area (Å²) >= 11 is 12.8. The molecule has 1 aliphatic heterocycles. The molecule has 0 unspecified atom stereocenters. The van der Waals surface area contributed by atoms with Crippen LogP contribution in [0.5, 0.6) is 0 Å². The van der Waals surface area contributed by atoms with Gasteiger partial charge in [-0.25, -0.2) is 0 Å². The van der Waals surface area contributed by atoms with Crippen LogP contribution in [-0.2, 0) is 16.0 Å². The first-order valence-electron chi connectivity index (χ1n) is 9.35. The van der Waals surface area contributed by atoms with E-state index in [4.69, 9.17) is 23.8 Å². The smallest absolute Gasteiger partial charge is 0.266 e. The van der Waals surface area contributed by atoms with Gasteiger partial charge in [0.05, 0.1) is 4.91 Å². The predicted octanol–water partition coefficient (Wildman–Crippen LogP) is 4.68. The third kappa shape index (κ3) is 6.16. The number of carbonyl (C=O) groups is 2. The predicted molar refractivity (Wildman–Crippen MR) is 124 cm³/mol. The molecule has 7 heteroatoms. The highest BCUT2D eigenvalue weighted by molar-refractivity contribution is 8.26. The van der Waals surface area contributed by atoms with Gasteiger partial charge in [0.1, 0.15) is 4.32 Å². The molecule has 150 valence electrons. The zero-order valence-corrected chi connectivity index (χ0v) is 18.2. The minimum Gasteiger partial charge on any atom is -0.356 e. The van der Waals surface area contributed by atoms with E-state index in [1.165, 1.54) is 17.3 Å². The highest BCUT2D eigenvalue weighted by atomic mass is 35.5. The lowest BCUT2D eigenvalue weighted by atomic mass is 10.1. The van der Waals surface area contributed by atoms with Crippen LogP contribution in [0.25, 0.3) is 6.08 Å². The van der Waals surface area contributed by atoms with E-state index in [0.29, 0.717) is 40.2 Å². The average Bonchev–Trinajstić information content (AvgIpc) is 2.98. The van der Waals surface area contributed by atoms with Gasteiger partial charge in [-0.2, -0.15) is 0 Å². The molecule has 0 bridgehead atoms. The van der Waals surface area contributed by atoms with Crippen molar-refractivity contribution in [3.8, 4) is 0 Å². The van der Waals surface area contributed by atoms with Gasteiger partial charge in [-0.05, 0) is 36.1 Å². The molecule has 2 amide bonds. The van der Waals surface area contributed by atoms with Crippen LogP contribution in [0.2, 0.25) is 5.02 Å². The Morgan fingerprint density at radius 2 is 1.86 bits per heavy atom. The second-order valence-corrected chi connectivity index (χ2v) is 8.63. The van der Waals surface area contributed by atoms with E-state index in [1.807, 2.05) is 48.5 Å². The van der Waals surface area contributed by atoms with Gasteiger partial charge in [-0.1, -0.05) is 84.1 Å². The molecule has 2 aromatic carbocycles. The van der Waals surface area contributed by atoms with Gasteiger partial charge in [-0.15, -0.1) is 0 Å². The van der Waals surface area contributed by atoms with Gasteiger partial charge in [0, 0.05) is 24.5 Å². The number of amides is 2. The van der Waals surface area contributed by atoms with E-state index in [-0.39, 0.29) is 11.8 Å². The third-order valence-corrected chi connectivity index (χ3v) is 6.15. The fraction of sp³-hybridized carbons (Fsp3) is 0.227. The van der Waals surface area contributed by atoms with Crippen LogP contribution in [0.15, 0.2) is 59.5 Å². The molecule has 3 rings (SSSR count). The molecule has 2 aromatic rings. The van der Waals surface area contributed by atoms with Gasteiger partial charge in [0.15, 0.2) is 0 Å². The van der Waals surface area contributed by atoms with Crippen molar-refractivity contribution in [3.63, 3.8) is 0 Å². The number of nitrogens with one attached hydrogen (secondary N) is 1. The highest BCUT2D eigenvalue weighted by Gasteiger charge is 2.31. The maximum absolute atomic E-state index is 12.6. The molecular weight excluding hydrogens is 424 g/mol. The van der Waals surface area contributed by atoms with Gasteiger partial charge in [-0.3, -0.25) is 14.5 Å². The van der Waals surface area contributed by atoms with E-state index in [0.717, 1.165) is 12.0 Å². The Morgan fingerprint density at radius 3 is 2.62 bits per heavy atom. The molecule has 1 fully saturated rings. The summed E-state index contributed by atoms with van der Waals surface area (Å²) in [6.45, 7) is 1.03. The lowest BCUT2D eigenvalue weighted by Crippen LogP contribution is -2.31. The summed E-state index contributed by atoms with van der Waals surface area (Å²) in [4.78, 5) is 26.8. The molecule has 4 nitrogen and oxygen atoms in total. The summed E-state index contributed by atoms with van der Waals surface area (Å²) in [6, 6.07) is 17.4. The molecule has 1 saturated heterocycles. The van der Waals surface area contributed by atoms with Crippen LogP contribution in [0.3, 0.4) is 0 Å². The van der Waals surface area contributed by atoms with E-state index < -0.39 is 0 Å². The summed E-state index contributed by atoms with van der Waals surface area (Å²) in [7, 11) is 0. The van der Waals surface area contributed by atoms with E-state index >= 15 is 0 Å². The fourth-order valence-electron chi connectivity index (χ4n) is 2.90. The number of halogens is 1. The van der Waals surface area contributed by atoms with E-state index in [1.54, 1.807) is 17.0 Å². The lowest BCUT2D eigenvalue weighted by molar-refractivity contribution is -0.123. The summed E-state index contributed by atoms with van der Waals surface area (Å²) in [5, 5.41) is 3.51. The topological polar surface area (TPSA) is 49.4 Å². The van der Waals surface area contributed by atoms with Crippen LogP contribution in [0.1, 0.15) is 24.0 Å². The van der Waals surface area contributed by atoms with Crippen molar-refractivity contribution >= 4 is 57.8 Å². The van der Waals surface area contributed by atoms with Crippen molar-refractivity contribution in [2.75, 3.05) is 13.1 Å². The number of rotatable bonds is 8. The summed E-state index contributed by atoms with van der Waals surface area (Å²) in [5.41, 5.74) is 1.98. The van der Waals surface area contributed by atoms with Gasteiger partial charge in [0.2, 0.25) is 5.91 Å². The highest BCUT2D eigenvalue weighted by Crippen LogP contribution is 2.33. The largest absolute Gasteiger partial charge is 0.356 e. The fourth-order valence-corrected chi connectivity index (χ4v) is 4.39. The molecule has 29 heavy (non-hydrogen) atoms. The standard InChI is InChI=1S/C22H21ClN2O2S2/c23-18-10-5-4-9-17(18)15-19-21(27)25(22(28)29-19)14-6-11-20(26)24-13-12-16-7-2-1-3-8-16/h1-5,7-10,15H,6,11-14H2,(H,24,26)/b19-15-. The first kappa shape index (κ1) is 21.6. The van der Waals surface area contributed by atoms with Crippen molar-refractivity contribution in [1.82, 2.24) is 10.2 Å². The van der Waals surface area contributed by atoms with Crippen LogP contribution in [0.4, 0.5) is 0 Å². The second kappa shape index (κ2) is 10.6. The Morgan fingerprint density at radius 1 is 1.14 bits per heavy atom. The Kier molecular flexibility index (Phi) is 7.86. The third-order valence-electron chi connectivity index (χ3n) is 4.43. The number of nitrogens with zero attached hydrogens (tertiary/aromatic N) is 1. The number of benzene rings is 2. The minimum atomic E-state index is -0.135. The number of carbonyl (C=O) groups excluding carboxylic acids is 2. The van der Waals surface area contributed by atoms with Crippen molar-refractivity contribution in [3.05, 3.63) is 75.7 Å². The zero-order chi connectivity index (χ0) is 20.6. The van der Waals surface area contributed by atoms with E-state index in [2.05, 4.69) is 5.32 Å². The summed E-state index contributed by atoms with van der Waals surface area (Å²) < 4.78 is 0.512. The maximum atomic E-state index is 12.6. The average molecular weight is 445 g/mol. The quantitative estimate of drug-likeness (QED) is 0.474. The van der Waals surface area contributed by atoms with Gasteiger partial charge < -0.3 is 5.32 Å². The molecule has 1 N–H and O–H groups in total. The monoisotopic (exact) mass is 444 g/mol. The summed E-state index contributed by atoms with van der Waals surface area (Å²) in [6.07, 6.45) is 3.48. The number of hydrogen-bond donors (Lipinski definition) is 1. The Bertz CT molecular complexity index is 931. The molecule has 0 aliphatic carbocycles. The minimum absolute atomic E-state index is 0.0158. The van der Waals surface area contributed by atoms with Crippen molar-refractivity contribution in [1.29, 1.82) is 0 Å².